The van der Waals surface area contributed by atoms with Crippen LogP contribution >= 0.6 is 23.4 Å². The molecule has 0 N–H and O–H groups in total. The topological polar surface area (TPSA) is 60.9 Å². The Morgan fingerprint density at radius 1 is 1.11 bits per heavy atom. The van der Waals surface area contributed by atoms with Gasteiger partial charge in [-0.3, -0.25) is 9.36 Å². The molecule has 0 amide bonds. The minimum absolute atomic E-state index is 0.134. The van der Waals surface area contributed by atoms with Gasteiger partial charge >= 0.3 is 0 Å². The number of rotatable bonds is 4. The first-order chi connectivity index (χ1) is 13.0. The van der Waals surface area contributed by atoms with Gasteiger partial charge in [0, 0.05) is 5.02 Å². The molecule has 0 saturated heterocycles. The molecule has 0 saturated carbocycles. The fourth-order valence-electron chi connectivity index (χ4n) is 2.78. The number of halogens is 1. The summed E-state index contributed by atoms with van der Waals surface area (Å²) in [6.45, 7) is 3.79. The minimum atomic E-state index is -0.134. The van der Waals surface area contributed by atoms with Crippen LogP contribution in [-0.4, -0.2) is 14.5 Å². The molecule has 0 bridgehead atoms. The maximum absolute atomic E-state index is 13.2. The van der Waals surface area contributed by atoms with Crippen molar-refractivity contribution < 1.29 is 4.42 Å². The second-order valence-electron chi connectivity index (χ2n) is 6.07. The Labute approximate surface area is 165 Å². The average molecular weight is 398 g/mol. The maximum atomic E-state index is 13.2. The van der Waals surface area contributed by atoms with E-state index in [1.807, 2.05) is 44.2 Å². The number of aromatic nitrogens is 3. The van der Waals surface area contributed by atoms with Gasteiger partial charge in [-0.05, 0) is 44.2 Å². The summed E-state index contributed by atoms with van der Waals surface area (Å²) in [5.74, 6) is 1.87. The van der Waals surface area contributed by atoms with Gasteiger partial charge in [-0.25, -0.2) is 9.97 Å². The van der Waals surface area contributed by atoms with Crippen LogP contribution in [0.1, 0.15) is 17.3 Å². The van der Waals surface area contributed by atoms with Crippen molar-refractivity contribution in [1.82, 2.24) is 14.5 Å². The number of fused-ring (bicyclic) bond motifs is 1. The van der Waals surface area contributed by atoms with E-state index >= 15 is 0 Å². The summed E-state index contributed by atoms with van der Waals surface area (Å²) in [5, 5.41) is 1.68. The van der Waals surface area contributed by atoms with Crippen LogP contribution in [0.5, 0.6) is 0 Å². The van der Waals surface area contributed by atoms with Crippen LogP contribution in [-0.2, 0) is 5.75 Å². The molecule has 0 fully saturated rings. The van der Waals surface area contributed by atoms with Crippen molar-refractivity contribution in [1.29, 1.82) is 0 Å². The lowest BCUT2D eigenvalue weighted by atomic mass is 10.2. The van der Waals surface area contributed by atoms with Crippen molar-refractivity contribution in [2.75, 3.05) is 0 Å². The Morgan fingerprint density at radius 2 is 1.93 bits per heavy atom. The van der Waals surface area contributed by atoms with Crippen molar-refractivity contribution in [3.63, 3.8) is 0 Å². The molecule has 0 unspecified atom stereocenters. The van der Waals surface area contributed by atoms with Crippen LogP contribution in [0.25, 0.3) is 16.6 Å². The van der Waals surface area contributed by atoms with Crippen molar-refractivity contribution >= 4 is 34.3 Å². The highest BCUT2D eigenvalue weighted by Gasteiger charge is 2.15. The van der Waals surface area contributed by atoms with Gasteiger partial charge in [-0.2, -0.15) is 0 Å². The van der Waals surface area contributed by atoms with Crippen LogP contribution in [0, 0.1) is 13.8 Å². The highest BCUT2D eigenvalue weighted by molar-refractivity contribution is 7.98. The Bertz CT molecular complexity index is 1180. The smallest absolute Gasteiger partial charge is 0.266 e. The summed E-state index contributed by atoms with van der Waals surface area (Å²) in [5.41, 5.74) is 2.06. The molecule has 7 heteroatoms. The van der Waals surface area contributed by atoms with Crippen LogP contribution in [0.4, 0.5) is 0 Å². The SMILES string of the molecule is Cc1nc(CSc2nc3ccccc3c(=O)n2-c2cccc(Cl)c2)oc1C. The Hall–Kier alpha value is -2.57. The largest absolute Gasteiger partial charge is 0.445 e. The first-order valence-corrected chi connectivity index (χ1v) is 9.73. The lowest BCUT2D eigenvalue weighted by molar-refractivity contribution is 0.489. The lowest BCUT2D eigenvalue weighted by Gasteiger charge is -2.13. The lowest BCUT2D eigenvalue weighted by Crippen LogP contribution is -2.21. The number of thioether (sulfide) groups is 1. The molecule has 0 aliphatic heterocycles. The fourth-order valence-corrected chi connectivity index (χ4v) is 3.82. The van der Waals surface area contributed by atoms with Gasteiger partial charge in [0.15, 0.2) is 5.16 Å². The molecule has 5 nitrogen and oxygen atoms in total. The molecular weight excluding hydrogens is 382 g/mol. The standard InChI is InChI=1S/C20H16ClN3O2S/c1-12-13(2)26-18(22-12)11-27-20-23-17-9-4-3-8-16(17)19(25)24(20)15-7-5-6-14(21)10-15/h3-10H,11H2,1-2H3. The van der Waals surface area contributed by atoms with Crippen molar-refractivity contribution in [3.8, 4) is 5.69 Å². The summed E-state index contributed by atoms with van der Waals surface area (Å²) in [4.78, 5) is 22.3. The zero-order valence-corrected chi connectivity index (χ0v) is 16.3. The van der Waals surface area contributed by atoms with Crippen molar-refractivity contribution in [3.05, 3.63) is 81.3 Å². The van der Waals surface area contributed by atoms with Gasteiger partial charge < -0.3 is 4.42 Å². The quantitative estimate of drug-likeness (QED) is 0.360. The molecule has 4 aromatic rings. The van der Waals surface area contributed by atoms with Crippen LogP contribution < -0.4 is 5.56 Å². The molecule has 0 radical (unpaired) electrons. The monoisotopic (exact) mass is 397 g/mol. The predicted molar refractivity (Wildman–Crippen MR) is 108 cm³/mol. The zero-order valence-electron chi connectivity index (χ0n) is 14.8. The molecule has 0 spiro atoms. The average Bonchev–Trinajstić information content (AvgIpc) is 2.98. The number of aryl methyl sites for hydroxylation is 2. The number of hydrogen-bond donors (Lipinski definition) is 0. The zero-order chi connectivity index (χ0) is 19.0. The van der Waals surface area contributed by atoms with Gasteiger partial charge in [-0.15, -0.1) is 0 Å². The third kappa shape index (κ3) is 3.50. The summed E-state index contributed by atoms with van der Waals surface area (Å²) < 4.78 is 7.24. The minimum Gasteiger partial charge on any atom is -0.445 e. The molecule has 0 aliphatic carbocycles. The van der Waals surface area contributed by atoms with E-state index in [0.29, 0.717) is 38.4 Å². The van der Waals surface area contributed by atoms with E-state index in [1.54, 1.807) is 22.8 Å². The molecule has 2 aromatic carbocycles. The van der Waals surface area contributed by atoms with Crippen molar-refractivity contribution in [2.45, 2.75) is 24.8 Å². The van der Waals surface area contributed by atoms with E-state index in [-0.39, 0.29) is 5.56 Å². The molecule has 4 rings (SSSR count). The maximum Gasteiger partial charge on any atom is 0.266 e. The second-order valence-corrected chi connectivity index (χ2v) is 7.45. The fraction of sp³-hybridized carbons (Fsp3) is 0.150. The third-order valence-electron chi connectivity index (χ3n) is 4.21. The van der Waals surface area contributed by atoms with Gasteiger partial charge in [0.05, 0.1) is 28.0 Å². The molecule has 27 heavy (non-hydrogen) atoms. The Morgan fingerprint density at radius 3 is 2.67 bits per heavy atom. The summed E-state index contributed by atoms with van der Waals surface area (Å²) >= 11 is 7.55. The van der Waals surface area contributed by atoms with E-state index in [4.69, 9.17) is 21.0 Å². The number of oxazole rings is 1. The normalized spacial score (nSPS) is 11.2. The van der Waals surface area contributed by atoms with Gasteiger partial charge in [0.2, 0.25) is 5.89 Å². The van der Waals surface area contributed by atoms with Crippen LogP contribution in [0.3, 0.4) is 0 Å². The first-order valence-electron chi connectivity index (χ1n) is 8.36. The second kappa shape index (κ2) is 7.21. The van der Waals surface area contributed by atoms with Crippen LogP contribution in [0.15, 0.2) is 62.9 Å². The predicted octanol–water partition coefficient (Wildman–Crippen LogP) is 4.94. The van der Waals surface area contributed by atoms with E-state index in [0.717, 1.165) is 11.5 Å². The number of para-hydroxylation sites is 1. The number of benzene rings is 2. The Kier molecular flexibility index (Phi) is 4.76. The third-order valence-corrected chi connectivity index (χ3v) is 5.37. The van der Waals surface area contributed by atoms with Crippen molar-refractivity contribution in [2.24, 2.45) is 0 Å². The molecule has 0 aliphatic rings. The summed E-state index contributed by atoms with van der Waals surface area (Å²) in [6, 6.07) is 14.5. The molecule has 2 heterocycles. The molecule has 136 valence electrons. The van der Waals surface area contributed by atoms with Gasteiger partial charge in [0.1, 0.15) is 5.76 Å². The van der Waals surface area contributed by atoms with Gasteiger partial charge in [0.25, 0.3) is 5.56 Å². The molecule has 2 aromatic heterocycles. The Balaban J connectivity index is 1.84. The van der Waals surface area contributed by atoms with E-state index < -0.39 is 0 Å². The molecule has 0 atom stereocenters. The highest BCUT2D eigenvalue weighted by atomic mass is 35.5. The van der Waals surface area contributed by atoms with Crippen LogP contribution in [0.2, 0.25) is 5.02 Å². The van der Waals surface area contributed by atoms with Gasteiger partial charge in [-0.1, -0.05) is 41.6 Å². The molecular formula is C20H16ClN3O2S. The van der Waals surface area contributed by atoms with E-state index in [1.165, 1.54) is 11.8 Å². The summed E-state index contributed by atoms with van der Waals surface area (Å²) in [6.07, 6.45) is 0. The summed E-state index contributed by atoms with van der Waals surface area (Å²) in [7, 11) is 0. The first kappa shape index (κ1) is 17.8. The number of nitrogens with zero attached hydrogens (tertiary/aromatic N) is 3. The highest BCUT2D eigenvalue weighted by Crippen LogP contribution is 2.26. The number of hydrogen-bond acceptors (Lipinski definition) is 5. The van der Waals surface area contributed by atoms with E-state index in [9.17, 15) is 4.79 Å². The van der Waals surface area contributed by atoms with E-state index in [2.05, 4.69) is 4.98 Å².